The van der Waals surface area contributed by atoms with Crippen LogP contribution in [0.25, 0.3) is 10.9 Å². The Labute approximate surface area is 238 Å². The van der Waals surface area contributed by atoms with Crippen molar-refractivity contribution < 1.29 is 19.1 Å². The number of H-pyrrole nitrogens is 1. The van der Waals surface area contributed by atoms with Crippen LogP contribution < -0.4 is 9.47 Å². The monoisotopic (exact) mass is 548 g/mol. The summed E-state index contributed by atoms with van der Waals surface area (Å²) in [5.74, 6) is 1.76. The third-order valence-corrected chi connectivity index (χ3v) is 9.15. The summed E-state index contributed by atoms with van der Waals surface area (Å²) in [5.41, 5.74) is 5.32. The van der Waals surface area contributed by atoms with Crippen molar-refractivity contribution in [2.45, 2.75) is 31.5 Å². The van der Waals surface area contributed by atoms with E-state index in [4.69, 9.17) is 9.47 Å². The topological polar surface area (TPSA) is 78.1 Å². The number of nitrogens with one attached hydrogen (secondary N) is 1. The van der Waals surface area contributed by atoms with Crippen molar-refractivity contribution in [1.82, 2.24) is 19.7 Å². The van der Waals surface area contributed by atoms with Crippen LogP contribution >= 0.6 is 0 Å². The molecule has 5 heterocycles. The lowest BCUT2D eigenvalue weighted by Gasteiger charge is -2.47. The fourth-order valence-corrected chi connectivity index (χ4v) is 7.27. The molecular weight excluding hydrogens is 516 g/mol. The summed E-state index contributed by atoms with van der Waals surface area (Å²) >= 11 is 0. The van der Waals surface area contributed by atoms with E-state index in [1.54, 1.807) is 0 Å². The predicted molar refractivity (Wildman–Crippen MR) is 153 cm³/mol. The molecule has 41 heavy (non-hydrogen) atoms. The number of rotatable bonds is 5. The molecule has 1 N–H and O–H groups in total. The molecule has 2 saturated heterocycles. The molecular formula is C33H32N4O4. The van der Waals surface area contributed by atoms with Gasteiger partial charge in [0.25, 0.3) is 0 Å². The minimum absolute atomic E-state index is 0.0132. The number of benzene rings is 3. The first kappa shape index (κ1) is 24.5. The average Bonchev–Trinajstić information content (AvgIpc) is 3.73. The van der Waals surface area contributed by atoms with E-state index in [1.807, 2.05) is 46.2 Å². The molecule has 2 fully saturated rings. The van der Waals surface area contributed by atoms with E-state index >= 15 is 0 Å². The molecule has 3 atom stereocenters. The molecule has 0 aliphatic carbocycles. The van der Waals surface area contributed by atoms with Gasteiger partial charge < -0.3 is 24.3 Å². The van der Waals surface area contributed by atoms with Gasteiger partial charge in [-0.1, -0.05) is 54.6 Å². The van der Waals surface area contributed by atoms with Crippen LogP contribution in [0.2, 0.25) is 0 Å². The summed E-state index contributed by atoms with van der Waals surface area (Å²) in [7, 11) is 0. The number of aromatic amines is 1. The molecule has 0 bridgehead atoms. The van der Waals surface area contributed by atoms with E-state index in [-0.39, 0.29) is 25.2 Å². The molecule has 2 amide bonds. The standard InChI is InChI=1S/C33H32N4O4/c38-30-19-36(18-22-12-13-35(17-22)16-21-6-2-1-3-7-21)33(39)27-15-25-24-8-4-5-9-26(24)34-31(25)32(37(27)30)23-10-11-28-29(14-23)41-20-40-28/h1-11,14,22,27,32,34H,12-13,15-20H2/t22?,27-,32-/m1/s1. The van der Waals surface area contributed by atoms with E-state index in [9.17, 15) is 9.59 Å². The number of hydrogen-bond donors (Lipinski definition) is 1. The molecule has 8 heteroatoms. The van der Waals surface area contributed by atoms with Gasteiger partial charge in [0.05, 0.1) is 12.6 Å². The molecule has 8 nitrogen and oxygen atoms in total. The van der Waals surface area contributed by atoms with E-state index < -0.39 is 12.1 Å². The van der Waals surface area contributed by atoms with Gasteiger partial charge in [-0.2, -0.15) is 0 Å². The number of aromatic nitrogens is 1. The number of piperazine rings is 1. The Morgan fingerprint density at radius 2 is 1.76 bits per heavy atom. The van der Waals surface area contributed by atoms with Crippen molar-refractivity contribution in [3.63, 3.8) is 0 Å². The number of fused-ring (bicyclic) bond motifs is 5. The second kappa shape index (κ2) is 9.66. The minimum Gasteiger partial charge on any atom is -0.454 e. The lowest BCUT2D eigenvalue weighted by molar-refractivity contribution is -0.159. The second-order valence-corrected chi connectivity index (χ2v) is 11.7. The van der Waals surface area contributed by atoms with Crippen LogP contribution in [0.5, 0.6) is 11.5 Å². The van der Waals surface area contributed by atoms with Crippen LogP contribution in [0.4, 0.5) is 0 Å². The van der Waals surface area contributed by atoms with Crippen molar-refractivity contribution in [3.05, 3.63) is 95.2 Å². The smallest absolute Gasteiger partial charge is 0.246 e. The largest absolute Gasteiger partial charge is 0.454 e. The number of carbonyl (C=O) groups excluding carboxylic acids is 2. The number of amides is 2. The van der Waals surface area contributed by atoms with Gasteiger partial charge in [0.1, 0.15) is 6.04 Å². The summed E-state index contributed by atoms with van der Waals surface area (Å²) in [6.45, 7) is 3.78. The van der Waals surface area contributed by atoms with Crippen LogP contribution in [0.3, 0.4) is 0 Å². The maximum atomic E-state index is 14.2. The number of likely N-dealkylation sites (tertiary alicyclic amines) is 1. The Kier molecular flexibility index (Phi) is 5.77. The molecule has 208 valence electrons. The quantitative estimate of drug-likeness (QED) is 0.406. The fraction of sp³-hybridized carbons (Fsp3) is 0.333. The second-order valence-electron chi connectivity index (χ2n) is 11.7. The van der Waals surface area contributed by atoms with Crippen LogP contribution in [0.15, 0.2) is 72.8 Å². The zero-order valence-electron chi connectivity index (χ0n) is 22.8. The van der Waals surface area contributed by atoms with Crippen molar-refractivity contribution in [2.75, 3.05) is 33.0 Å². The number of hydrogen-bond acceptors (Lipinski definition) is 5. The normalized spacial score (nSPS) is 23.8. The van der Waals surface area contributed by atoms with Crippen molar-refractivity contribution in [3.8, 4) is 11.5 Å². The Morgan fingerprint density at radius 1 is 0.927 bits per heavy atom. The van der Waals surface area contributed by atoms with E-state index in [0.717, 1.165) is 53.8 Å². The Bertz CT molecular complexity index is 1650. The number of carbonyl (C=O) groups is 2. The molecule has 3 aromatic carbocycles. The van der Waals surface area contributed by atoms with Crippen LogP contribution in [-0.4, -0.2) is 70.5 Å². The van der Waals surface area contributed by atoms with Gasteiger partial charge in [0.2, 0.25) is 18.6 Å². The number of para-hydroxylation sites is 1. The Hall–Kier alpha value is -4.30. The third kappa shape index (κ3) is 4.16. The van der Waals surface area contributed by atoms with E-state index in [1.165, 1.54) is 5.56 Å². The zero-order valence-corrected chi connectivity index (χ0v) is 22.8. The third-order valence-electron chi connectivity index (χ3n) is 9.15. The molecule has 1 unspecified atom stereocenters. The van der Waals surface area contributed by atoms with Gasteiger partial charge in [0.15, 0.2) is 11.5 Å². The first-order valence-corrected chi connectivity index (χ1v) is 14.5. The Morgan fingerprint density at radius 3 is 2.66 bits per heavy atom. The molecule has 4 aliphatic heterocycles. The zero-order chi connectivity index (χ0) is 27.5. The highest BCUT2D eigenvalue weighted by molar-refractivity contribution is 5.97. The first-order valence-electron chi connectivity index (χ1n) is 14.5. The highest BCUT2D eigenvalue weighted by Gasteiger charge is 2.48. The minimum atomic E-state index is -0.541. The molecule has 0 radical (unpaired) electrons. The SMILES string of the molecule is O=C1[C@H]2Cc3c([nH]c4ccccc34)[C@@H](c3ccc4c(c3)OCO4)N2C(=O)CN1CC1CCN(Cc2ccccc2)C1. The summed E-state index contributed by atoms with van der Waals surface area (Å²) in [4.78, 5) is 37.8. The van der Waals surface area contributed by atoms with Gasteiger partial charge in [-0.25, -0.2) is 0 Å². The fourth-order valence-electron chi connectivity index (χ4n) is 7.27. The van der Waals surface area contributed by atoms with Crippen LogP contribution in [0, 0.1) is 5.92 Å². The van der Waals surface area contributed by atoms with Gasteiger partial charge in [-0.3, -0.25) is 14.5 Å². The predicted octanol–water partition coefficient (Wildman–Crippen LogP) is 4.10. The summed E-state index contributed by atoms with van der Waals surface area (Å²) in [5, 5.41) is 1.11. The molecule has 0 saturated carbocycles. The highest BCUT2D eigenvalue weighted by Crippen LogP contribution is 2.45. The van der Waals surface area contributed by atoms with Crippen molar-refractivity contribution >= 4 is 22.7 Å². The van der Waals surface area contributed by atoms with Gasteiger partial charge in [0, 0.05) is 42.7 Å². The molecule has 8 rings (SSSR count). The molecule has 4 aliphatic rings. The highest BCUT2D eigenvalue weighted by atomic mass is 16.7. The number of nitrogens with zero attached hydrogens (tertiary/aromatic N) is 3. The Balaban J connectivity index is 1.09. The molecule has 4 aromatic rings. The van der Waals surface area contributed by atoms with Gasteiger partial charge >= 0.3 is 0 Å². The average molecular weight is 549 g/mol. The van der Waals surface area contributed by atoms with Gasteiger partial charge in [-0.15, -0.1) is 0 Å². The maximum absolute atomic E-state index is 14.2. The van der Waals surface area contributed by atoms with Crippen molar-refractivity contribution in [2.24, 2.45) is 5.92 Å². The van der Waals surface area contributed by atoms with Gasteiger partial charge in [-0.05, 0) is 53.8 Å². The van der Waals surface area contributed by atoms with Crippen LogP contribution in [0.1, 0.15) is 34.8 Å². The first-order chi connectivity index (χ1) is 20.1. The molecule has 0 spiro atoms. The summed E-state index contributed by atoms with van der Waals surface area (Å²) < 4.78 is 11.2. The maximum Gasteiger partial charge on any atom is 0.246 e. The summed E-state index contributed by atoms with van der Waals surface area (Å²) in [6, 6.07) is 23.6. The van der Waals surface area contributed by atoms with Crippen molar-refractivity contribution in [1.29, 1.82) is 0 Å². The number of ether oxygens (including phenoxy) is 2. The van der Waals surface area contributed by atoms with E-state index in [0.29, 0.717) is 30.4 Å². The molecule has 1 aromatic heterocycles. The lowest BCUT2D eigenvalue weighted by atomic mass is 9.86. The van der Waals surface area contributed by atoms with Crippen LogP contribution in [-0.2, 0) is 22.6 Å². The van der Waals surface area contributed by atoms with E-state index in [2.05, 4.69) is 46.3 Å². The lowest BCUT2D eigenvalue weighted by Crippen LogP contribution is -2.63. The summed E-state index contributed by atoms with van der Waals surface area (Å²) in [6.07, 6.45) is 1.54.